The van der Waals surface area contributed by atoms with Crippen LogP contribution in [0.3, 0.4) is 0 Å². The molecule has 0 spiro atoms. The summed E-state index contributed by atoms with van der Waals surface area (Å²) < 4.78 is 20.3. The monoisotopic (exact) mass is 250 g/mol. The summed E-state index contributed by atoms with van der Waals surface area (Å²) >= 11 is 4.46. The molecule has 0 saturated carbocycles. The van der Waals surface area contributed by atoms with Crippen molar-refractivity contribution in [2.45, 2.75) is 38.8 Å². The van der Waals surface area contributed by atoms with Crippen LogP contribution in [0.4, 0.5) is 0 Å². The first-order valence-corrected chi connectivity index (χ1v) is 7.22. The van der Waals surface area contributed by atoms with Crippen molar-refractivity contribution in [3.05, 3.63) is 11.6 Å². The average molecular weight is 250 g/mol. The van der Waals surface area contributed by atoms with Crippen LogP contribution in [0, 0.1) is 0 Å². The van der Waals surface area contributed by atoms with Crippen LogP contribution in [0.5, 0.6) is 0 Å². The van der Waals surface area contributed by atoms with Crippen molar-refractivity contribution in [3.8, 4) is 0 Å². The molecule has 0 saturated heterocycles. The quantitative estimate of drug-likeness (QED) is 0.752. The summed E-state index contributed by atoms with van der Waals surface area (Å²) in [5.74, 6) is -0.114. The normalized spacial score (nSPS) is 28.5. The average Bonchev–Trinajstić information content (AvgIpc) is 2.09. The molecule has 0 aromatic carbocycles. The minimum Gasteiger partial charge on any atom is -0.305 e. The van der Waals surface area contributed by atoms with E-state index in [0.717, 1.165) is 5.06 Å². The molecule has 4 nitrogen and oxygen atoms in total. The van der Waals surface area contributed by atoms with Crippen LogP contribution in [0.2, 0.25) is 0 Å². The van der Waals surface area contributed by atoms with Gasteiger partial charge < -0.3 is 4.55 Å². The van der Waals surface area contributed by atoms with Crippen LogP contribution in [-0.2, 0) is 25.2 Å². The SMILES string of the molecule is CC1(C)C=C(CS(=O)(O)=S)C(C)(C)N1[O]. The number of nitrogens with zero attached hydrogens (tertiary/aromatic N) is 1. The Hall–Kier alpha value is -0.0100. The molecule has 0 aromatic heterocycles. The first-order chi connectivity index (χ1) is 6.47. The van der Waals surface area contributed by atoms with Gasteiger partial charge in [0, 0.05) is 11.2 Å². The van der Waals surface area contributed by atoms with Crippen LogP contribution < -0.4 is 0 Å². The molecule has 0 bridgehead atoms. The highest BCUT2D eigenvalue weighted by molar-refractivity contribution is 8.29. The van der Waals surface area contributed by atoms with Crippen LogP contribution in [0.15, 0.2) is 11.6 Å². The highest BCUT2D eigenvalue weighted by atomic mass is 32.8. The molecule has 6 heteroatoms. The van der Waals surface area contributed by atoms with E-state index in [1.54, 1.807) is 33.8 Å². The fourth-order valence-electron chi connectivity index (χ4n) is 1.93. The Bertz CT molecular complexity index is 396. The van der Waals surface area contributed by atoms with Crippen LogP contribution >= 0.6 is 0 Å². The fourth-order valence-corrected chi connectivity index (χ4v) is 3.14. The summed E-state index contributed by atoms with van der Waals surface area (Å²) in [5, 5.41) is 12.8. The van der Waals surface area contributed by atoms with E-state index < -0.39 is 19.9 Å². The fraction of sp³-hybridized carbons (Fsp3) is 0.778. The number of hydrogen-bond donors (Lipinski definition) is 1. The highest BCUT2D eigenvalue weighted by Gasteiger charge is 2.46. The molecule has 1 atom stereocenters. The summed E-state index contributed by atoms with van der Waals surface area (Å²) in [7, 11) is -3.25. The molecule has 1 aliphatic heterocycles. The second-order valence-electron chi connectivity index (χ2n) is 4.90. The topological polar surface area (TPSA) is 60.4 Å². The molecule has 0 fully saturated rings. The van der Waals surface area contributed by atoms with E-state index in [1.807, 2.05) is 0 Å². The second-order valence-corrected chi connectivity index (χ2v) is 7.92. The van der Waals surface area contributed by atoms with Crippen LogP contribution in [0.25, 0.3) is 0 Å². The van der Waals surface area contributed by atoms with Gasteiger partial charge in [-0.15, -0.1) is 10.3 Å². The highest BCUT2D eigenvalue weighted by Crippen LogP contribution is 2.38. The molecular weight excluding hydrogens is 234 g/mol. The van der Waals surface area contributed by atoms with Crippen molar-refractivity contribution in [2.24, 2.45) is 0 Å². The molecule has 15 heavy (non-hydrogen) atoms. The predicted molar refractivity (Wildman–Crippen MR) is 61.8 cm³/mol. The van der Waals surface area contributed by atoms with E-state index in [9.17, 15) is 9.42 Å². The Kier molecular flexibility index (Phi) is 3.04. The van der Waals surface area contributed by atoms with Crippen molar-refractivity contribution in [1.82, 2.24) is 5.06 Å². The Labute approximate surface area is 95.4 Å². The first kappa shape index (κ1) is 13.1. The predicted octanol–water partition coefficient (Wildman–Crippen LogP) is 1.35. The summed E-state index contributed by atoms with van der Waals surface area (Å²) in [6, 6.07) is 0. The van der Waals surface area contributed by atoms with Gasteiger partial charge in [-0.25, -0.2) is 4.21 Å². The van der Waals surface area contributed by atoms with Crippen molar-refractivity contribution < 1.29 is 14.0 Å². The van der Waals surface area contributed by atoms with Gasteiger partial charge in [-0.3, -0.25) is 0 Å². The Morgan fingerprint density at radius 3 is 2.20 bits per heavy atom. The Balaban J connectivity index is 3.10. The lowest BCUT2D eigenvalue weighted by atomic mass is 9.98. The van der Waals surface area contributed by atoms with Crippen molar-refractivity contribution >= 4 is 20.0 Å². The number of hydrogen-bond acceptors (Lipinski definition) is 3. The maximum Gasteiger partial charge on any atom is 0.145 e. The number of rotatable bonds is 2. The van der Waals surface area contributed by atoms with Gasteiger partial charge in [0.2, 0.25) is 0 Å². The van der Waals surface area contributed by atoms with E-state index in [2.05, 4.69) is 11.2 Å². The van der Waals surface area contributed by atoms with Crippen LogP contribution in [0.1, 0.15) is 27.7 Å². The van der Waals surface area contributed by atoms with Gasteiger partial charge in [0.1, 0.15) is 8.77 Å². The van der Waals surface area contributed by atoms with Gasteiger partial charge in [0.15, 0.2) is 0 Å². The van der Waals surface area contributed by atoms with Gasteiger partial charge in [-0.1, -0.05) is 6.08 Å². The van der Waals surface area contributed by atoms with Crippen molar-refractivity contribution in [1.29, 1.82) is 0 Å². The minimum absolute atomic E-state index is 0.114. The minimum atomic E-state index is -3.25. The first-order valence-electron chi connectivity index (χ1n) is 4.62. The van der Waals surface area contributed by atoms with Crippen LogP contribution in [-0.4, -0.2) is 30.7 Å². The molecule has 1 rings (SSSR count). The molecule has 1 N–H and O–H groups in total. The largest absolute Gasteiger partial charge is 0.305 e. The zero-order valence-corrected chi connectivity index (χ0v) is 10.9. The van der Waals surface area contributed by atoms with Crippen molar-refractivity contribution in [2.75, 3.05) is 5.75 Å². The lowest BCUT2D eigenvalue weighted by molar-refractivity contribution is -0.238. The lowest BCUT2D eigenvalue weighted by Crippen LogP contribution is -2.47. The molecule has 0 amide bonds. The van der Waals surface area contributed by atoms with E-state index in [0.29, 0.717) is 5.57 Å². The third-order valence-corrected chi connectivity index (χ3v) is 3.71. The maximum absolute atomic E-state index is 11.9. The molecule has 1 aliphatic rings. The molecule has 87 valence electrons. The molecule has 0 aromatic rings. The third-order valence-electron chi connectivity index (χ3n) is 2.68. The maximum atomic E-state index is 11.9. The van der Waals surface area contributed by atoms with Gasteiger partial charge in [-0.2, -0.15) is 0 Å². The molecule has 1 heterocycles. The second kappa shape index (κ2) is 3.49. The zero-order chi connectivity index (χ0) is 12.1. The molecule has 1 radical (unpaired) electrons. The third kappa shape index (κ3) is 2.57. The molecule has 0 aliphatic carbocycles. The van der Waals surface area contributed by atoms with E-state index >= 15 is 0 Å². The van der Waals surface area contributed by atoms with Gasteiger partial charge in [0.25, 0.3) is 0 Å². The molecular formula is C9H16NO3S2. The summed E-state index contributed by atoms with van der Waals surface area (Å²) in [4.78, 5) is 0. The summed E-state index contributed by atoms with van der Waals surface area (Å²) in [5.41, 5.74) is -0.753. The lowest BCUT2D eigenvalue weighted by Gasteiger charge is -2.33. The van der Waals surface area contributed by atoms with Gasteiger partial charge in [-0.05, 0) is 33.3 Å². The zero-order valence-electron chi connectivity index (χ0n) is 9.31. The molecule has 1 unspecified atom stereocenters. The van der Waals surface area contributed by atoms with Gasteiger partial charge >= 0.3 is 0 Å². The summed E-state index contributed by atoms with van der Waals surface area (Å²) in [6.45, 7) is 7.02. The van der Waals surface area contributed by atoms with E-state index in [4.69, 9.17) is 4.55 Å². The van der Waals surface area contributed by atoms with Gasteiger partial charge in [0.05, 0.1) is 16.8 Å². The Morgan fingerprint density at radius 1 is 1.47 bits per heavy atom. The summed E-state index contributed by atoms with van der Waals surface area (Å²) in [6.07, 6.45) is 1.74. The number of hydroxylamine groups is 2. The standard InChI is InChI=1S/C9H16NO3S2/c1-8(2)5-7(6-15(12,13)14)9(3,4)10(8)11/h5H,6H2,1-4H3,(H,12,13,14). The smallest absolute Gasteiger partial charge is 0.145 e. The van der Waals surface area contributed by atoms with E-state index in [-0.39, 0.29) is 5.75 Å². The van der Waals surface area contributed by atoms with E-state index in [1.165, 1.54) is 0 Å². The van der Waals surface area contributed by atoms with Crippen molar-refractivity contribution in [3.63, 3.8) is 0 Å². The Morgan fingerprint density at radius 2 is 1.93 bits per heavy atom.